The third kappa shape index (κ3) is 2.90. The van der Waals surface area contributed by atoms with Gasteiger partial charge in [-0.05, 0) is 0 Å². The van der Waals surface area contributed by atoms with Crippen molar-refractivity contribution in [3.05, 3.63) is 27.9 Å². The average molecular weight is 290 g/mol. The van der Waals surface area contributed by atoms with Gasteiger partial charge in [-0.3, -0.25) is 14.9 Å². The van der Waals surface area contributed by atoms with Crippen molar-refractivity contribution >= 4 is 17.4 Å². The number of nitrogens with zero attached hydrogens (tertiary/aromatic N) is 4. The topological polar surface area (TPSA) is 124 Å². The molecule has 0 saturated carbocycles. The molecule has 9 heteroatoms. The molecule has 21 heavy (non-hydrogen) atoms. The molecule has 1 amide bonds. The van der Waals surface area contributed by atoms with Crippen LogP contribution >= 0.6 is 0 Å². The van der Waals surface area contributed by atoms with Gasteiger partial charge >= 0.3 is 5.69 Å². The van der Waals surface area contributed by atoms with Crippen LogP contribution in [0.2, 0.25) is 0 Å². The lowest BCUT2D eigenvalue weighted by Crippen LogP contribution is -2.58. The molecule has 2 N–H and O–H groups in total. The van der Waals surface area contributed by atoms with Gasteiger partial charge in [0.1, 0.15) is 12.1 Å². The van der Waals surface area contributed by atoms with Gasteiger partial charge in [-0.1, -0.05) is 0 Å². The first-order chi connectivity index (χ1) is 10.1. The van der Waals surface area contributed by atoms with E-state index >= 15 is 0 Å². The summed E-state index contributed by atoms with van der Waals surface area (Å²) in [4.78, 5) is 28.1. The Labute approximate surface area is 120 Å². The highest BCUT2D eigenvalue weighted by Crippen LogP contribution is 2.28. The molecule has 1 atom stereocenters. The summed E-state index contributed by atoms with van der Waals surface area (Å²) >= 11 is 0. The summed E-state index contributed by atoms with van der Waals surface area (Å²) in [5.41, 5.74) is -0.165. The molecule has 1 saturated heterocycles. The molecule has 110 valence electrons. The van der Waals surface area contributed by atoms with E-state index in [0.717, 1.165) is 0 Å². The molecule has 1 aromatic rings. The predicted molar refractivity (Wildman–Crippen MR) is 73.7 cm³/mol. The van der Waals surface area contributed by atoms with E-state index < -0.39 is 11.0 Å². The van der Waals surface area contributed by atoms with Crippen LogP contribution in [0.3, 0.4) is 0 Å². The maximum absolute atomic E-state index is 11.9. The molecule has 0 radical (unpaired) electrons. The molecular formula is C12H14N6O3. The van der Waals surface area contributed by atoms with Gasteiger partial charge in [0.15, 0.2) is 0 Å². The number of likely N-dealkylation sites (N-methyl/N-ethyl adjacent to an activating group) is 1. The minimum absolute atomic E-state index is 0.106. The first kappa shape index (κ1) is 14.7. The van der Waals surface area contributed by atoms with Gasteiger partial charge in [0, 0.05) is 38.9 Å². The van der Waals surface area contributed by atoms with Crippen molar-refractivity contribution in [1.29, 1.82) is 5.26 Å². The van der Waals surface area contributed by atoms with Gasteiger partial charge in [0.05, 0.1) is 10.5 Å². The van der Waals surface area contributed by atoms with E-state index in [1.807, 2.05) is 6.07 Å². The van der Waals surface area contributed by atoms with Crippen molar-refractivity contribution in [3.8, 4) is 6.07 Å². The summed E-state index contributed by atoms with van der Waals surface area (Å²) in [5.74, 6) is -0.142. The summed E-state index contributed by atoms with van der Waals surface area (Å²) in [5, 5.41) is 25.6. The number of nitro groups is 1. The fourth-order valence-corrected chi connectivity index (χ4v) is 2.22. The lowest BCUT2D eigenvalue weighted by atomic mass is 10.1. The summed E-state index contributed by atoms with van der Waals surface area (Å²) in [6.07, 6.45) is 1.27. The number of carbonyl (C=O) groups is 1. The predicted octanol–water partition coefficient (Wildman–Crippen LogP) is -0.614. The Bertz CT molecular complexity index is 612. The van der Waals surface area contributed by atoms with E-state index in [1.165, 1.54) is 19.3 Å². The standard InChI is InChI=1S/C12H14N6O3/c1-14-12(19)10-7-15-2-3-17(10)11-9(18(20)21)4-8(5-13)6-16-11/h4,6,10,15H,2-3,7H2,1H3,(H,14,19). The van der Waals surface area contributed by atoms with Gasteiger partial charge in [0.2, 0.25) is 11.7 Å². The zero-order chi connectivity index (χ0) is 15.4. The monoisotopic (exact) mass is 290 g/mol. The molecule has 9 nitrogen and oxygen atoms in total. The van der Waals surface area contributed by atoms with E-state index in [1.54, 1.807) is 4.90 Å². The minimum atomic E-state index is -0.591. The van der Waals surface area contributed by atoms with Gasteiger partial charge < -0.3 is 15.5 Å². The molecule has 0 spiro atoms. The average Bonchev–Trinajstić information content (AvgIpc) is 2.53. The van der Waals surface area contributed by atoms with Crippen molar-refractivity contribution in [3.63, 3.8) is 0 Å². The Morgan fingerprint density at radius 2 is 2.48 bits per heavy atom. The molecule has 1 aromatic heterocycles. The zero-order valence-corrected chi connectivity index (χ0v) is 11.4. The number of amides is 1. The van der Waals surface area contributed by atoms with Crippen molar-refractivity contribution in [2.45, 2.75) is 6.04 Å². The summed E-state index contributed by atoms with van der Waals surface area (Å²) in [6.45, 7) is 1.38. The fraction of sp³-hybridized carbons (Fsp3) is 0.417. The van der Waals surface area contributed by atoms with Gasteiger partial charge in [-0.15, -0.1) is 0 Å². The highest BCUT2D eigenvalue weighted by molar-refractivity contribution is 5.86. The number of nitriles is 1. The maximum Gasteiger partial charge on any atom is 0.312 e. The third-order valence-electron chi connectivity index (χ3n) is 3.24. The molecular weight excluding hydrogens is 276 g/mol. The third-order valence-corrected chi connectivity index (χ3v) is 3.24. The lowest BCUT2D eigenvalue weighted by molar-refractivity contribution is -0.384. The molecule has 0 bridgehead atoms. The Morgan fingerprint density at radius 3 is 3.10 bits per heavy atom. The molecule has 1 fully saturated rings. The number of anilines is 1. The number of rotatable bonds is 3. The van der Waals surface area contributed by atoms with E-state index in [4.69, 9.17) is 5.26 Å². The Morgan fingerprint density at radius 1 is 1.71 bits per heavy atom. The molecule has 1 aliphatic rings. The fourth-order valence-electron chi connectivity index (χ4n) is 2.22. The number of nitrogens with one attached hydrogen (secondary N) is 2. The van der Waals surface area contributed by atoms with E-state index in [9.17, 15) is 14.9 Å². The largest absolute Gasteiger partial charge is 0.357 e. The van der Waals surface area contributed by atoms with E-state index in [2.05, 4.69) is 15.6 Å². The van der Waals surface area contributed by atoms with Gasteiger partial charge in [-0.2, -0.15) is 5.26 Å². The number of piperazine rings is 1. The van der Waals surface area contributed by atoms with E-state index in [0.29, 0.717) is 19.6 Å². The quantitative estimate of drug-likeness (QED) is 0.561. The normalized spacial score (nSPS) is 17.9. The molecule has 1 unspecified atom stereocenters. The minimum Gasteiger partial charge on any atom is -0.357 e. The molecule has 2 rings (SSSR count). The van der Waals surface area contributed by atoms with Crippen molar-refractivity contribution < 1.29 is 9.72 Å². The first-order valence-electron chi connectivity index (χ1n) is 6.32. The van der Waals surface area contributed by atoms with Crippen LogP contribution in [-0.2, 0) is 4.79 Å². The SMILES string of the molecule is CNC(=O)C1CNCCN1c1ncc(C#N)cc1[N+](=O)[O-]. The van der Waals surface area contributed by atoms with E-state index in [-0.39, 0.29) is 23.0 Å². The van der Waals surface area contributed by atoms with Crippen molar-refractivity contribution in [2.24, 2.45) is 0 Å². The van der Waals surface area contributed by atoms with Crippen molar-refractivity contribution in [1.82, 2.24) is 15.6 Å². The Hall–Kier alpha value is -2.73. The molecule has 2 heterocycles. The highest BCUT2D eigenvalue weighted by atomic mass is 16.6. The summed E-state index contributed by atoms with van der Waals surface area (Å²) in [6, 6.07) is 2.41. The van der Waals surface area contributed by atoms with Crippen LogP contribution in [0.1, 0.15) is 5.56 Å². The maximum atomic E-state index is 11.9. The van der Waals surface area contributed by atoms with Crippen LogP contribution in [0.5, 0.6) is 0 Å². The second-order valence-corrected chi connectivity index (χ2v) is 4.46. The number of aromatic nitrogens is 1. The van der Waals surface area contributed by atoms with Gasteiger partial charge in [-0.25, -0.2) is 4.98 Å². The summed E-state index contributed by atoms with van der Waals surface area (Å²) < 4.78 is 0. The van der Waals surface area contributed by atoms with Crippen LogP contribution in [0.15, 0.2) is 12.3 Å². The second-order valence-electron chi connectivity index (χ2n) is 4.46. The Balaban J connectivity index is 2.45. The number of hydrogen-bond acceptors (Lipinski definition) is 7. The van der Waals surface area contributed by atoms with Crippen molar-refractivity contribution in [2.75, 3.05) is 31.6 Å². The zero-order valence-electron chi connectivity index (χ0n) is 11.4. The highest BCUT2D eigenvalue weighted by Gasteiger charge is 2.33. The summed E-state index contributed by atoms with van der Waals surface area (Å²) in [7, 11) is 1.51. The van der Waals surface area contributed by atoms with Crippen LogP contribution in [0, 0.1) is 21.4 Å². The second kappa shape index (κ2) is 6.15. The van der Waals surface area contributed by atoms with Crippen LogP contribution in [0.25, 0.3) is 0 Å². The Kier molecular flexibility index (Phi) is 4.30. The van der Waals surface area contributed by atoms with Crippen LogP contribution in [-0.4, -0.2) is 48.5 Å². The van der Waals surface area contributed by atoms with Crippen LogP contribution in [0.4, 0.5) is 11.5 Å². The molecule has 0 aliphatic carbocycles. The van der Waals surface area contributed by atoms with Gasteiger partial charge in [0.25, 0.3) is 0 Å². The first-order valence-corrected chi connectivity index (χ1v) is 6.32. The number of pyridine rings is 1. The lowest BCUT2D eigenvalue weighted by Gasteiger charge is -2.35. The molecule has 0 aromatic carbocycles. The number of hydrogen-bond donors (Lipinski definition) is 2. The number of carbonyl (C=O) groups excluding carboxylic acids is 1. The van der Waals surface area contributed by atoms with Crippen LogP contribution < -0.4 is 15.5 Å². The smallest absolute Gasteiger partial charge is 0.312 e. The molecule has 1 aliphatic heterocycles.